The molecule has 1 heterocycles. The van der Waals surface area contributed by atoms with Crippen LogP contribution in [0.5, 0.6) is 5.75 Å². The van der Waals surface area contributed by atoms with Crippen molar-refractivity contribution in [3.8, 4) is 5.75 Å². The van der Waals surface area contributed by atoms with E-state index in [1.54, 1.807) is 12.1 Å². The Morgan fingerprint density at radius 1 is 1.10 bits per heavy atom. The molecule has 0 spiro atoms. The maximum absolute atomic E-state index is 11.3. The van der Waals surface area contributed by atoms with E-state index >= 15 is 0 Å². The third kappa shape index (κ3) is 5.36. The van der Waals surface area contributed by atoms with E-state index < -0.39 is 42.3 Å². The molecule has 6 unspecified atom stereocenters. The van der Waals surface area contributed by atoms with Crippen molar-refractivity contribution in [2.75, 3.05) is 20.6 Å². The molecular weight excluding hydrogens is 406 g/mol. The zero-order valence-electron chi connectivity index (χ0n) is 17.9. The lowest BCUT2D eigenvalue weighted by atomic mass is 9.72. The number of rotatable bonds is 7. The summed E-state index contributed by atoms with van der Waals surface area (Å²) in [6.07, 6.45) is -3.64. The molecule has 2 aliphatic rings. The van der Waals surface area contributed by atoms with Gasteiger partial charge in [0.05, 0.1) is 5.60 Å². The largest absolute Gasteiger partial charge is 0.479 e. The molecule has 1 saturated carbocycles. The fraction of sp³-hybridized carbons (Fsp3) is 0.682. The number of aliphatic carboxylic acids is 1. The summed E-state index contributed by atoms with van der Waals surface area (Å²) < 4.78 is 10.7. The number of hydrogen-bond donors (Lipinski definition) is 5. The van der Waals surface area contributed by atoms with Crippen molar-refractivity contribution in [1.82, 2.24) is 4.90 Å². The average molecular weight is 440 g/mol. The minimum absolute atomic E-state index is 0.0817. The van der Waals surface area contributed by atoms with Gasteiger partial charge >= 0.3 is 5.97 Å². The molecule has 174 valence electrons. The van der Waals surface area contributed by atoms with Gasteiger partial charge in [-0.25, -0.2) is 4.79 Å². The number of benzene rings is 1. The summed E-state index contributed by atoms with van der Waals surface area (Å²) in [5.41, 5.74) is 0.178. The van der Waals surface area contributed by atoms with Crippen molar-refractivity contribution in [3.63, 3.8) is 0 Å². The first-order valence-electron chi connectivity index (χ1n) is 10.7. The van der Waals surface area contributed by atoms with Gasteiger partial charge in [0.15, 0.2) is 6.10 Å². The Morgan fingerprint density at radius 3 is 2.26 bits per heavy atom. The number of nitrogens with zero attached hydrogens (tertiary/aromatic N) is 1. The van der Waals surface area contributed by atoms with Gasteiger partial charge in [-0.1, -0.05) is 31.4 Å². The summed E-state index contributed by atoms with van der Waals surface area (Å²) in [6, 6.07) is 7.00. The lowest BCUT2D eigenvalue weighted by Crippen LogP contribution is -2.61. The Morgan fingerprint density at radius 2 is 1.71 bits per heavy atom. The number of ether oxygens (including phenoxy) is 2. The van der Waals surface area contributed by atoms with Gasteiger partial charge in [0, 0.05) is 12.5 Å². The predicted octanol–water partition coefficient (Wildman–Crippen LogP) is 0.298. The Balaban J connectivity index is 1.75. The average Bonchev–Trinajstić information content (AvgIpc) is 2.73. The molecule has 1 aromatic carbocycles. The summed E-state index contributed by atoms with van der Waals surface area (Å²) in [7, 11) is 3.94. The predicted molar refractivity (Wildman–Crippen MR) is 111 cm³/mol. The van der Waals surface area contributed by atoms with Gasteiger partial charge in [0.25, 0.3) is 0 Å². The molecule has 9 heteroatoms. The molecule has 0 bridgehead atoms. The van der Waals surface area contributed by atoms with Gasteiger partial charge in [0.1, 0.15) is 24.1 Å². The molecule has 31 heavy (non-hydrogen) atoms. The van der Waals surface area contributed by atoms with Crippen LogP contribution in [0.4, 0.5) is 0 Å². The van der Waals surface area contributed by atoms with Crippen LogP contribution in [0.1, 0.15) is 43.6 Å². The molecular formula is C22H33NO8. The van der Waals surface area contributed by atoms with Crippen LogP contribution in [0.2, 0.25) is 0 Å². The van der Waals surface area contributed by atoms with E-state index in [1.807, 2.05) is 31.1 Å². The standard InChI is InChI=1S/C22H33NO8/c1-23(2)12-15(22(29)10-4-3-5-11-22)13-6-8-14(9-7-13)30-21-18(26)16(24)17(25)19(31-21)20(27)28/h6-9,15-19,21,24-26,29H,3-5,10-12H2,1-2H3,(H,27,28). The molecule has 3 rings (SSSR count). The molecule has 1 aliphatic carbocycles. The Kier molecular flexibility index (Phi) is 7.56. The first-order valence-corrected chi connectivity index (χ1v) is 10.7. The van der Waals surface area contributed by atoms with Gasteiger partial charge in [0.2, 0.25) is 6.29 Å². The van der Waals surface area contributed by atoms with Crippen LogP contribution < -0.4 is 4.74 Å². The molecule has 6 atom stereocenters. The number of aliphatic hydroxyl groups is 4. The maximum atomic E-state index is 11.3. The van der Waals surface area contributed by atoms with E-state index in [0.717, 1.165) is 37.7 Å². The van der Waals surface area contributed by atoms with Crippen LogP contribution in [0.3, 0.4) is 0 Å². The quantitative estimate of drug-likeness (QED) is 0.406. The summed E-state index contributed by atoms with van der Waals surface area (Å²) in [6.45, 7) is 0.686. The van der Waals surface area contributed by atoms with E-state index in [1.165, 1.54) is 0 Å². The van der Waals surface area contributed by atoms with Gasteiger partial charge in [-0.15, -0.1) is 0 Å². The van der Waals surface area contributed by atoms with Crippen molar-refractivity contribution in [2.45, 2.75) is 74.3 Å². The minimum Gasteiger partial charge on any atom is -0.479 e. The summed E-state index contributed by atoms with van der Waals surface area (Å²) in [4.78, 5) is 13.3. The first-order chi connectivity index (χ1) is 14.6. The molecule has 1 aromatic rings. The summed E-state index contributed by atoms with van der Waals surface area (Å²) >= 11 is 0. The topological polar surface area (TPSA) is 140 Å². The van der Waals surface area contributed by atoms with Crippen LogP contribution in [0, 0.1) is 0 Å². The van der Waals surface area contributed by atoms with Crippen molar-refractivity contribution >= 4 is 5.97 Å². The number of likely N-dealkylation sites (N-methyl/N-ethyl adjacent to an activating group) is 1. The van der Waals surface area contributed by atoms with E-state index in [-0.39, 0.29) is 5.92 Å². The zero-order valence-corrected chi connectivity index (χ0v) is 17.9. The number of carboxylic acids is 1. The number of carboxylic acid groups (broad SMARTS) is 1. The lowest BCUT2D eigenvalue weighted by Gasteiger charge is -2.41. The van der Waals surface area contributed by atoms with E-state index in [9.17, 15) is 25.2 Å². The third-order valence-corrected chi connectivity index (χ3v) is 6.26. The highest BCUT2D eigenvalue weighted by Crippen LogP contribution is 2.40. The van der Waals surface area contributed by atoms with Crippen molar-refractivity contribution in [2.24, 2.45) is 0 Å². The fourth-order valence-corrected chi connectivity index (χ4v) is 4.53. The van der Waals surface area contributed by atoms with Crippen LogP contribution in [-0.2, 0) is 9.53 Å². The summed E-state index contributed by atoms with van der Waals surface area (Å²) in [5.74, 6) is -1.24. The maximum Gasteiger partial charge on any atom is 0.335 e. The summed E-state index contributed by atoms with van der Waals surface area (Å²) in [5, 5.41) is 50.3. The lowest BCUT2D eigenvalue weighted by molar-refractivity contribution is -0.271. The third-order valence-electron chi connectivity index (χ3n) is 6.26. The second-order valence-electron chi connectivity index (χ2n) is 8.90. The van der Waals surface area contributed by atoms with Crippen LogP contribution in [-0.4, -0.2) is 93.3 Å². The van der Waals surface area contributed by atoms with Crippen molar-refractivity contribution < 1.29 is 39.8 Å². The van der Waals surface area contributed by atoms with Gasteiger partial charge in [-0.2, -0.15) is 0 Å². The minimum atomic E-state index is -1.77. The second-order valence-corrected chi connectivity index (χ2v) is 8.90. The van der Waals surface area contributed by atoms with Crippen LogP contribution in [0.15, 0.2) is 24.3 Å². The number of carbonyl (C=O) groups is 1. The van der Waals surface area contributed by atoms with Gasteiger partial charge in [-0.3, -0.25) is 0 Å². The Labute approximate surface area is 181 Å². The smallest absolute Gasteiger partial charge is 0.335 e. The molecule has 5 N–H and O–H groups in total. The van der Waals surface area contributed by atoms with Crippen LogP contribution in [0.25, 0.3) is 0 Å². The molecule has 0 aromatic heterocycles. The Hall–Kier alpha value is -1.75. The fourth-order valence-electron chi connectivity index (χ4n) is 4.53. The van der Waals surface area contributed by atoms with Gasteiger partial charge in [-0.05, 0) is 44.6 Å². The molecule has 1 aliphatic heterocycles. The highest BCUT2D eigenvalue weighted by molar-refractivity contribution is 5.73. The zero-order chi connectivity index (χ0) is 22.8. The van der Waals surface area contributed by atoms with E-state index in [0.29, 0.717) is 12.3 Å². The normalized spacial score (nSPS) is 31.9. The van der Waals surface area contributed by atoms with Crippen LogP contribution >= 0.6 is 0 Å². The van der Waals surface area contributed by atoms with E-state index in [4.69, 9.17) is 14.6 Å². The molecule has 0 amide bonds. The van der Waals surface area contributed by atoms with Crippen molar-refractivity contribution in [3.05, 3.63) is 29.8 Å². The number of aliphatic hydroxyl groups excluding tert-OH is 3. The second kappa shape index (κ2) is 9.81. The van der Waals surface area contributed by atoms with E-state index in [2.05, 4.69) is 0 Å². The van der Waals surface area contributed by atoms with Crippen molar-refractivity contribution in [1.29, 1.82) is 0 Å². The van der Waals surface area contributed by atoms with Gasteiger partial charge < -0.3 is 39.9 Å². The molecule has 9 nitrogen and oxygen atoms in total. The highest BCUT2D eigenvalue weighted by Gasteiger charge is 2.48. The number of hydrogen-bond acceptors (Lipinski definition) is 8. The SMILES string of the molecule is CN(C)CC(c1ccc(OC2OC(C(=O)O)C(O)C(O)C2O)cc1)C1(O)CCCCC1. The first kappa shape index (κ1) is 23.9. The molecule has 2 fully saturated rings. The molecule has 1 saturated heterocycles. The Bertz CT molecular complexity index is 734. The highest BCUT2D eigenvalue weighted by atomic mass is 16.7. The monoisotopic (exact) mass is 439 g/mol. The molecule has 0 radical (unpaired) electrons.